The summed E-state index contributed by atoms with van der Waals surface area (Å²) in [5, 5.41) is 0. The van der Waals surface area contributed by atoms with Crippen LogP contribution in [0.3, 0.4) is 0 Å². The largest absolute Gasteiger partial charge is 0.0951 e. The average molecular weight is 325 g/mol. The third-order valence-electron chi connectivity index (χ3n) is 6.06. The monoisotopic (exact) mass is 324 g/mol. The molecule has 0 aromatic rings. The minimum Gasteiger partial charge on any atom is -0.0951 e. The fourth-order valence-electron chi connectivity index (χ4n) is 4.22. The molecule has 0 aliphatic heterocycles. The first kappa shape index (κ1) is 19.2. The second-order valence-corrected chi connectivity index (χ2v) is 7.90. The maximum atomic E-state index is 3.45. The van der Waals surface area contributed by atoms with Crippen molar-refractivity contribution < 1.29 is 0 Å². The van der Waals surface area contributed by atoms with E-state index < -0.39 is 0 Å². The molecular weight excluding hydrogens is 288 g/mol. The van der Waals surface area contributed by atoms with Crippen LogP contribution in [-0.2, 0) is 0 Å². The summed E-state index contributed by atoms with van der Waals surface area (Å²) in [4.78, 5) is 0. The van der Waals surface area contributed by atoms with Gasteiger partial charge in [-0.05, 0) is 75.4 Å². The van der Waals surface area contributed by atoms with Gasteiger partial charge in [-0.3, -0.25) is 0 Å². The molecule has 0 spiro atoms. The summed E-state index contributed by atoms with van der Waals surface area (Å²) in [5.41, 5.74) is 0. The van der Waals surface area contributed by atoms with Crippen LogP contribution in [-0.4, -0.2) is 0 Å². The van der Waals surface area contributed by atoms with E-state index in [-0.39, 0.29) is 0 Å². The molecule has 0 unspecified atom stereocenters. The normalized spacial score (nSPS) is 30.2. The lowest BCUT2D eigenvalue weighted by Gasteiger charge is -2.25. The molecule has 2 fully saturated rings. The van der Waals surface area contributed by atoms with Gasteiger partial charge in [0.25, 0.3) is 0 Å². The molecule has 0 aromatic carbocycles. The smallest absolute Gasteiger partial charge is 0.0206 e. The van der Waals surface area contributed by atoms with E-state index in [1.807, 2.05) is 12.2 Å². The van der Waals surface area contributed by atoms with Gasteiger partial charge in [-0.15, -0.1) is 0 Å². The Labute approximate surface area is 150 Å². The molecule has 0 bridgehead atoms. The molecular formula is C24H36. The zero-order valence-electron chi connectivity index (χ0n) is 15.9. The zero-order chi connectivity index (χ0) is 17.0. The van der Waals surface area contributed by atoms with E-state index in [0.29, 0.717) is 11.8 Å². The van der Waals surface area contributed by atoms with Gasteiger partial charge < -0.3 is 0 Å². The van der Waals surface area contributed by atoms with Gasteiger partial charge in [0.2, 0.25) is 0 Å². The van der Waals surface area contributed by atoms with Crippen LogP contribution < -0.4 is 0 Å². The van der Waals surface area contributed by atoms with Gasteiger partial charge in [0.15, 0.2) is 0 Å². The van der Waals surface area contributed by atoms with Gasteiger partial charge in [-0.25, -0.2) is 0 Å². The van der Waals surface area contributed by atoms with Crippen LogP contribution in [0.15, 0.2) is 12.2 Å². The molecule has 2 saturated carbocycles. The molecule has 2 aliphatic carbocycles. The first-order valence-corrected chi connectivity index (χ1v) is 10.5. The Morgan fingerprint density at radius 1 is 0.708 bits per heavy atom. The minimum absolute atomic E-state index is 0.629. The van der Waals surface area contributed by atoms with Crippen molar-refractivity contribution in [2.75, 3.05) is 0 Å². The van der Waals surface area contributed by atoms with Crippen LogP contribution in [0.1, 0.15) is 90.9 Å². The summed E-state index contributed by atoms with van der Waals surface area (Å²) in [7, 11) is 0. The molecule has 0 heteroatoms. The van der Waals surface area contributed by atoms with E-state index in [1.54, 1.807) is 0 Å². The van der Waals surface area contributed by atoms with Crippen molar-refractivity contribution in [1.82, 2.24) is 0 Å². The van der Waals surface area contributed by atoms with Crippen molar-refractivity contribution in [3.8, 4) is 23.7 Å². The Bertz CT molecular complexity index is 474. The van der Waals surface area contributed by atoms with Crippen molar-refractivity contribution in [1.29, 1.82) is 0 Å². The Morgan fingerprint density at radius 2 is 1.21 bits per heavy atom. The Kier molecular flexibility index (Phi) is 9.13. The summed E-state index contributed by atoms with van der Waals surface area (Å²) < 4.78 is 0. The van der Waals surface area contributed by atoms with Crippen LogP contribution in [0.2, 0.25) is 0 Å². The van der Waals surface area contributed by atoms with Crippen molar-refractivity contribution in [3.05, 3.63) is 12.2 Å². The third kappa shape index (κ3) is 7.18. The molecule has 0 aromatic heterocycles. The van der Waals surface area contributed by atoms with Crippen LogP contribution in [0.5, 0.6) is 0 Å². The van der Waals surface area contributed by atoms with Gasteiger partial charge >= 0.3 is 0 Å². The molecule has 2 rings (SSSR count). The van der Waals surface area contributed by atoms with Crippen LogP contribution in [0, 0.1) is 47.4 Å². The van der Waals surface area contributed by atoms with E-state index in [2.05, 4.69) is 37.5 Å². The number of rotatable bonds is 4. The summed E-state index contributed by atoms with van der Waals surface area (Å²) >= 11 is 0. The SMILES string of the molecule is CCCC[C@H]1CC[C@H](C#C/C=C/C#C[C@H]2CC[C@H](CC)CC2)CC1. The van der Waals surface area contributed by atoms with Gasteiger partial charge in [0.1, 0.15) is 0 Å². The van der Waals surface area contributed by atoms with Crippen molar-refractivity contribution in [3.63, 3.8) is 0 Å². The van der Waals surface area contributed by atoms with Gasteiger partial charge in [-0.1, -0.05) is 63.2 Å². The van der Waals surface area contributed by atoms with Crippen molar-refractivity contribution >= 4 is 0 Å². The standard InChI is InChI=1S/C24H36/c1-3-5-10-22-17-19-24(20-18-22)12-9-7-6-8-11-23-15-13-21(4-2)14-16-23/h6-7,21-24H,3-5,10,13-20H2,1-2H3/b7-6+/t21-,22-,23-,24-. The fourth-order valence-corrected chi connectivity index (χ4v) is 4.22. The molecule has 0 radical (unpaired) electrons. The molecule has 24 heavy (non-hydrogen) atoms. The van der Waals surface area contributed by atoms with Crippen molar-refractivity contribution in [2.24, 2.45) is 23.7 Å². The minimum atomic E-state index is 0.629. The second-order valence-electron chi connectivity index (χ2n) is 7.90. The van der Waals surface area contributed by atoms with Crippen molar-refractivity contribution in [2.45, 2.75) is 90.9 Å². The van der Waals surface area contributed by atoms with Crippen LogP contribution in [0.4, 0.5) is 0 Å². The lowest BCUT2D eigenvalue weighted by Crippen LogP contribution is -2.13. The lowest BCUT2D eigenvalue weighted by atomic mass is 9.80. The number of unbranched alkanes of at least 4 members (excludes halogenated alkanes) is 1. The Hall–Kier alpha value is -1.14. The first-order valence-electron chi connectivity index (χ1n) is 10.5. The topological polar surface area (TPSA) is 0 Å². The van der Waals surface area contributed by atoms with Crippen LogP contribution >= 0.6 is 0 Å². The van der Waals surface area contributed by atoms with E-state index >= 15 is 0 Å². The van der Waals surface area contributed by atoms with Crippen LogP contribution in [0.25, 0.3) is 0 Å². The summed E-state index contributed by atoms with van der Waals surface area (Å²) in [6.07, 6.45) is 20.2. The van der Waals surface area contributed by atoms with Gasteiger partial charge in [0.05, 0.1) is 0 Å². The highest BCUT2D eigenvalue weighted by atomic mass is 14.2. The molecule has 0 atom stereocenters. The Balaban J connectivity index is 1.63. The summed E-state index contributed by atoms with van der Waals surface area (Å²) in [6.45, 7) is 4.61. The van der Waals surface area contributed by atoms with E-state index in [0.717, 1.165) is 11.8 Å². The number of hydrogen-bond donors (Lipinski definition) is 0. The molecule has 0 amide bonds. The Morgan fingerprint density at radius 3 is 1.67 bits per heavy atom. The third-order valence-corrected chi connectivity index (χ3v) is 6.06. The summed E-state index contributed by atoms with van der Waals surface area (Å²) in [6, 6.07) is 0. The number of hydrogen-bond acceptors (Lipinski definition) is 0. The van der Waals surface area contributed by atoms with E-state index in [1.165, 1.54) is 77.0 Å². The fraction of sp³-hybridized carbons (Fsp3) is 0.750. The molecule has 0 saturated heterocycles. The molecule has 132 valence electrons. The predicted molar refractivity (Wildman–Crippen MR) is 105 cm³/mol. The highest BCUT2D eigenvalue weighted by Crippen LogP contribution is 2.31. The lowest BCUT2D eigenvalue weighted by molar-refractivity contribution is 0.296. The van der Waals surface area contributed by atoms with E-state index in [9.17, 15) is 0 Å². The highest BCUT2D eigenvalue weighted by molar-refractivity contribution is 5.26. The maximum Gasteiger partial charge on any atom is 0.0206 e. The molecule has 2 aliphatic rings. The van der Waals surface area contributed by atoms with Gasteiger partial charge in [-0.2, -0.15) is 0 Å². The molecule has 0 nitrogen and oxygen atoms in total. The second kappa shape index (κ2) is 11.4. The van der Waals surface area contributed by atoms with E-state index in [4.69, 9.17) is 0 Å². The first-order chi connectivity index (χ1) is 11.8. The molecule has 0 N–H and O–H groups in total. The van der Waals surface area contributed by atoms with Gasteiger partial charge in [0, 0.05) is 11.8 Å². The average Bonchev–Trinajstić information content (AvgIpc) is 2.64. The molecule has 0 heterocycles. The maximum absolute atomic E-state index is 3.45. The highest BCUT2D eigenvalue weighted by Gasteiger charge is 2.19. The zero-order valence-corrected chi connectivity index (χ0v) is 15.9. The number of allylic oxidation sites excluding steroid dienone is 2. The summed E-state index contributed by atoms with van der Waals surface area (Å²) in [5.74, 6) is 16.5. The quantitative estimate of drug-likeness (QED) is 0.501. The predicted octanol–water partition coefficient (Wildman–Crippen LogP) is 6.76.